The first-order valence-electron chi connectivity index (χ1n) is 9.55. The Bertz CT molecular complexity index is 1190. The second-order valence-electron chi connectivity index (χ2n) is 7.59. The Kier molecular flexibility index (Phi) is 4.88. The van der Waals surface area contributed by atoms with Crippen LogP contribution in [0.3, 0.4) is 0 Å². The minimum atomic E-state index is -3.74. The highest BCUT2D eigenvalue weighted by atomic mass is 32.2. The van der Waals surface area contributed by atoms with Gasteiger partial charge in [-0.05, 0) is 49.6 Å². The zero-order valence-electron chi connectivity index (χ0n) is 16.4. The van der Waals surface area contributed by atoms with Crippen molar-refractivity contribution in [2.45, 2.75) is 36.6 Å². The summed E-state index contributed by atoms with van der Waals surface area (Å²) in [6.45, 7) is 1.91. The fraction of sp³-hybridized carbons (Fsp3) is 0.273. The molecule has 1 amide bonds. The van der Waals surface area contributed by atoms with Crippen molar-refractivity contribution in [1.82, 2.24) is 9.88 Å². The Morgan fingerprint density at radius 3 is 2.41 bits per heavy atom. The van der Waals surface area contributed by atoms with E-state index in [1.807, 2.05) is 37.3 Å². The molecule has 1 aromatic heterocycles. The van der Waals surface area contributed by atoms with Crippen LogP contribution in [0.2, 0.25) is 0 Å². The van der Waals surface area contributed by atoms with E-state index in [9.17, 15) is 13.2 Å². The van der Waals surface area contributed by atoms with Crippen LogP contribution < -0.4 is 5.14 Å². The van der Waals surface area contributed by atoms with Gasteiger partial charge in [-0.25, -0.2) is 13.6 Å². The summed E-state index contributed by atoms with van der Waals surface area (Å²) in [6.07, 6.45) is 2.23. The van der Waals surface area contributed by atoms with Gasteiger partial charge in [0.15, 0.2) is 0 Å². The van der Waals surface area contributed by atoms with E-state index >= 15 is 0 Å². The number of fused-ring (bicyclic) bond motifs is 1. The van der Waals surface area contributed by atoms with Gasteiger partial charge in [0.2, 0.25) is 10.0 Å². The predicted octanol–water partition coefficient (Wildman–Crippen LogP) is 3.59. The standard InChI is InChI=1S/C22H23N3O3S/c1-14(15-9-11-17(12-10-15)29(23,27)28)25(2)22(26)19-13-21(16-7-8-16)24-20-6-4-3-5-18(19)20/h3-6,9-14,16H,7-8H2,1-2H3,(H2,23,27,28)/t14-/m0/s1. The smallest absolute Gasteiger partial charge is 0.254 e. The number of carbonyl (C=O) groups is 1. The van der Waals surface area contributed by atoms with Gasteiger partial charge in [0.25, 0.3) is 5.91 Å². The van der Waals surface area contributed by atoms with E-state index in [0.29, 0.717) is 11.5 Å². The highest BCUT2D eigenvalue weighted by molar-refractivity contribution is 7.89. The molecular formula is C22H23N3O3S. The zero-order valence-corrected chi connectivity index (χ0v) is 17.2. The van der Waals surface area contributed by atoms with Gasteiger partial charge in [0.1, 0.15) is 0 Å². The van der Waals surface area contributed by atoms with Crippen LogP contribution in [0.5, 0.6) is 0 Å². The van der Waals surface area contributed by atoms with Crippen molar-refractivity contribution in [3.63, 3.8) is 0 Å². The first kappa shape index (κ1) is 19.5. The number of para-hydroxylation sites is 1. The molecule has 6 nitrogen and oxygen atoms in total. The van der Waals surface area contributed by atoms with Crippen molar-refractivity contribution in [2.75, 3.05) is 7.05 Å². The molecule has 0 radical (unpaired) electrons. The molecule has 0 spiro atoms. The summed E-state index contributed by atoms with van der Waals surface area (Å²) in [5.74, 6) is 0.355. The number of benzene rings is 2. The van der Waals surface area contributed by atoms with Crippen molar-refractivity contribution in [3.05, 3.63) is 71.4 Å². The van der Waals surface area contributed by atoms with Crippen LogP contribution >= 0.6 is 0 Å². The Hall–Kier alpha value is -2.77. The maximum atomic E-state index is 13.4. The number of nitrogens with two attached hydrogens (primary N) is 1. The third-order valence-corrected chi connectivity index (χ3v) is 6.48. The number of pyridine rings is 1. The largest absolute Gasteiger partial charge is 0.335 e. The molecule has 1 fully saturated rings. The maximum Gasteiger partial charge on any atom is 0.254 e. The first-order valence-corrected chi connectivity index (χ1v) is 11.1. The number of nitrogens with zero attached hydrogens (tertiary/aromatic N) is 2. The first-order chi connectivity index (χ1) is 13.8. The second kappa shape index (κ2) is 7.24. The lowest BCUT2D eigenvalue weighted by atomic mass is 10.0. The summed E-state index contributed by atoms with van der Waals surface area (Å²) >= 11 is 0. The van der Waals surface area contributed by atoms with Crippen molar-refractivity contribution in [3.8, 4) is 0 Å². The topological polar surface area (TPSA) is 93.4 Å². The second-order valence-corrected chi connectivity index (χ2v) is 9.15. The van der Waals surface area contributed by atoms with Crippen molar-refractivity contribution in [1.29, 1.82) is 0 Å². The molecule has 1 aliphatic carbocycles. The molecule has 4 rings (SSSR count). The summed E-state index contributed by atoms with van der Waals surface area (Å²) in [7, 11) is -1.99. The number of primary sulfonamides is 1. The van der Waals surface area contributed by atoms with Gasteiger partial charge in [-0.2, -0.15) is 0 Å². The molecule has 0 aliphatic heterocycles. The van der Waals surface area contributed by atoms with Crippen LogP contribution in [-0.4, -0.2) is 31.3 Å². The van der Waals surface area contributed by atoms with Crippen LogP contribution in [0.4, 0.5) is 0 Å². The number of sulfonamides is 1. The fourth-order valence-electron chi connectivity index (χ4n) is 3.49. The van der Waals surface area contributed by atoms with E-state index in [0.717, 1.165) is 35.0 Å². The van der Waals surface area contributed by atoms with Crippen LogP contribution in [0.25, 0.3) is 10.9 Å². The van der Waals surface area contributed by atoms with Crippen LogP contribution in [0.1, 0.15) is 53.3 Å². The molecule has 29 heavy (non-hydrogen) atoms. The number of amides is 1. The monoisotopic (exact) mass is 409 g/mol. The molecule has 0 saturated heterocycles. The number of hydrogen-bond donors (Lipinski definition) is 1. The molecule has 2 aromatic carbocycles. The van der Waals surface area contributed by atoms with E-state index in [1.54, 1.807) is 24.1 Å². The highest BCUT2D eigenvalue weighted by Crippen LogP contribution is 2.40. The highest BCUT2D eigenvalue weighted by Gasteiger charge is 2.28. The van der Waals surface area contributed by atoms with Gasteiger partial charge in [-0.1, -0.05) is 30.3 Å². The van der Waals surface area contributed by atoms with Gasteiger partial charge >= 0.3 is 0 Å². The minimum absolute atomic E-state index is 0.0524. The summed E-state index contributed by atoms with van der Waals surface area (Å²) in [5, 5.41) is 6.00. The number of carbonyl (C=O) groups excluding carboxylic acids is 1. The summed E-state index contributed by atoms with van der Waals surface area (Å²) in [4.78, 5) is 19.8. The quantitative estimate of drug-likeness (QED) is 0.697. The van der Waals surface area contributed by atoms with E-state index in [1.165, 1.54) is 12.1 Å². The fourth-order valence-corrected chi connectivity index (χ4v) is 4.00. The normalized spacial score (nSPS) is 15.3. The van der Waals surface area contributed by atoms with Gasteiger partial charge in [-0.3, -0.25) is 9.78 Å². The van der Waals surface area contributed by atoms with Crippen LogP contribution in [0.15, 0.2) is 59.5 Å². The minimum Gasteiger partial charge on any atom is -0.335 e. The summed E-state index contributed by atoms with van der Waals surface area (Å²) in [6, 6.07) is 15.7. The van der Waals surface area contributed by atoms with Crippen molar-refractivity contribution >= 4 is 26.8 Å². The lowest BCUT2D eigenvalue weighted by Gasteiger charge is -2.26. The van der Waals surface area contributed by atoms with Crippen molar-refractivity contribution < 1.29 is 13.2 Å². The molecule has 1 atom stereocenters. The van der Waals surface area contributed by atoms with E-state index in [2.05, 4.69) is 0 Å². The third kappa shape index (κ3) is 3.88. The average Bonchev–Trinajstić information content (AvgIpc) is 3.56. The zero-order chi connectivity index (χ0) is 20.8. The molecule has 1 saturated carbocycles. The van der Waals surface area contributed by atoms with Gasteiger partial charge < -0.3 is 4.90 Å². The van der Waals surface area contributed by atoms with Gasteiger partial charge in [-0.15, -0.1) is 0 Å². The van der Waals surface area contributed by atoms with Crippen LogP contribution in [-0.2, 0) is 10.0 Å². The SMILES string of the molecule is C[C@@H](c1ccc(S(N)(=O)=O)cc1)N(C)C(=O)c1cc(C2CC2)nc2ccccc12. The molecule has 0 bridgehead atoms. The average molecular weight is 410 g/mol. The van der Waals surface area contributed by atoms with Gasteiger partial charge in [0.05, 0.1) is 22.0 Å². The maximum absolute atomic E-state index is 13.4. The molecule has 0 unspecified atom stereocenters. The predicted molar refractivity (Wildman–Crippen MR) is 112 cm³/mol. The number of aromatic nitrogens is 1. The Morgan fingerprint density at radius 1 is 1.14 bits per heavy atom. The molecule has 3 aromatic rings. The van der Waals surface area contributed by atoms with Crippen LogP contribution in [0, 0.1) is 0 Å². The molecular weight excluding hydrogens is 386 g/mol. The lowest BCUT2D eigenvalue weighted by molar-refractivity contribution is 0.0744. The molecule has 2 N–H and O–H groups in total. The third-order valence-electron chi connectivity index (χ3n) is 5.55. The Balaban J connectivity index is 1.67. The van der Waals surface area contributed by atoms with Crippen molar-refractivity contribution in [2.24, 2.45) is 5.14 Å². The molecule has 1 heterocycles. The lowest BCUT2D eigenvalue weighted by Crippen LogP contribution is -2.30. The van der Waals surface area contributed by atoms with E-state index in [-0.39, 0.29) is 16.8 Å². The van der Waals surface area contributed by atoms with E-state index < -0.39 is 10.0 Å². The molecule has 1 aliphatic rings. The summed E-state index contributed by atoms with van der Waals surface area (Å²) < 4.78 is 22.9. The Morgan fingerprint density at radius 2 is 1.79 bits per heavy atom. The number of hydrogen-bond acceptors (Lipinski definition) is 4. The van der Waals surface area contributed by atoms with Gasteiger partial charge in [0, 0.05) is 24.0 Å². The Labute approximate surface area is 170 Å². The number of rotatable bonds is 5. The molecule has 7 heteroatoms. The van der Waals surface area contributed by atoms with E-state index in [4.69, 9.17) is 10.1 Å². The summed E-state index contributed by atoms with van der Waals surface area (Å²) in [5.41, 5.74) is 3.28. The molecule has 150 valence electrons.